The van der Waals surface area contributed by atoms with Crippen molar-refractivity contribution in [3.8, 4) is 0 Å². The number of nitrogens with one attached hydrogen (secondary N) is 2. The van der Waals surface area contributed by atoms with E-state index in [9.17, 15) is 8.42 Å². The Labute approximate surface area is 145 Å². The minimum absolute atomic E-state index is 0.0521. The third-order valence-corrected chi connectivity index (χ3v) is 4.36. The summed E-state index contributed by atoms with van der Waals surface area (Å²) in [4.78, 5) is 4.18. The number of rotatable bonds is 10. The van der Waals surface area contributed by atoms with Gasteiger partial charge in [-0.25, -0.2) is 8.42 Å². The molecule has 2 N–H and O–H groups in total. The van der Waals surface area contributed by atoms with E-state index in [0.717, 1.165) is 18.8 Å². The molecule has 6 nitrogen and oxygen atoms in total. The molecule has 0 radical (unpaired) electrons. The lowest BCUT2D eigenvalue weighted by molar-refractivity contribution is 0.154. The summed E-state index contributed by atoms with van der Waals surface area (Å²) in [6.45, 7) is 3.36. The first-order valence-electron chi connectivity index (χ1n) is 8.17. The number of guanidine groups is 1. The van der Waals surface area contributed by atoms with Crippen LogP contribution in [0.25, 0.3) is 0 Å². The molecule has 0 aliphatic carbocycles. The highest BCUT2D eigenvalue weighted by molar-refractivity contribution is 7.90. The minimum Gasteiger partial charge on any atom is -0.379 e. The van der Waals surface area contributed by atoms with Gasteiger partial charge in [0.15, 0.2) is 5.96 Å². The third kappa shape index (κ3) is 10.2. The molecule has 1 atom stereocenters. The van der Waals surface area contributed by atoms with Gasteiger partial charge < -0.3 is 15.4 Å². The summed E-state index contributed by atoms with van der Waals surface area (Å²) >= 11 is 0. The van der Waals surface area contributed by atoms with Gasteiger partial charge in [0.05, 0.1) is 19.0 Å². The highest BCUT2D eigenvalue weighted by Crippen LogP contribution is 2.04. The van der Waals surface area contributed by atoms with Gasteiger partial charge in [-0.15, -0.1) is 0 Å². The summed E-state index contributed by atoms with van der Waals surface area (Å²) in [6.07, 6.45) is 3.23. The third-order valence-electron chi connectivity index (χ3n) is 3.45. The lowest BCUT2D eigenvalue weighted by Crippen LogP contribution is -2.43. The van der Waals surface area contributed by atoms with E-state index < -0.39 is 9.84 Å². The number of aryl methyl sites for hydroxylation is 1. The molecule has 0 aliphatic rings. The van der Waals surface area contributed by atoms with Crippen molar-refractivity contribution in [2.45, 2.75) is 25.8 Å². The molecule has 0 fully saturated rings. The summed E-state index contributed by atoms with van der Waals surface area (Å²) in [7, 11) is -1.23. The van der Waals surface area contributed by atoms with Crippen LogP contribution in [0.1, 0.15) is 18.9 Å². The molecule has 0 aromatic heterocycles. The number of hydrogen-bond acceptors (Lipinski definition) is 4. The topological polar surface area (TPSA) is 79.8 Å². The first-order chi connectivity index (χ1) is 11.4. The fourth-order valence-electron chi connectivity index (χ4n) is 2.08. The average molecular weight is 356 g/mol. The van der Waals surface area contributed by atoms with E-state index in [-0.39, 0.29) is 12.4 Å². The summed E-state index contributed by atoms with van der Waals surface area (Å²) in [5.74, 6) is 0.776. The zero-order valence-corrected chi connectivity index (χ0v) is 15.6. The Morgan fingerprint density at radius 1 is 1.25 bits per heavy atom. The van der Waals surface area contributed by atoms with E-state index in [0.29, 0.717) is 19.2 Å². The summed E-state index contributed by atoms with van der Waals surface area (Å²) in [6, 6.07) is 10.7. The van der Waals surface area contributed by atoms with Crippen LogP contribution in [-0.2, 0) is 21.0 Å². The van der Waals surface area contributed by atoms with Crippen molar-refractivity contribution in [2.24, 2.45) is 4.99 Å². The maximum Gasteiger partial charge on any atom is 0.191 e. The molecule has 0 bridgehead atoms. The van der Waals surface area contributed by atoms with Crippen molar-refractivity contribution in [1.82, 2.24) is 10.6 Å². The number of nitrogens with zero attached hydrogens (tertiary/aromatic N) is 1. The fraction of sp³-hybridized carbons (Fsp3) is 0.588. The molecule has 24 heavy (non-hydrogen) atoms. The first kappa shape index (κ1) is 20.4. The van der Waals surface area contributed by atoms with E-state index in [1.807, 2.05) is 6.07 Å². The van der Waals surface area contributed by atoms with Crippen molar-refractivity contribution in [3.63, 3.8) is 0 Å². The Balaban J connectivity index is 2.17. The number of benzene rings is 1. The van der Waals surface area contributed by atoms with Gasteiger partial charge in [-0.2, -0.15) is 0 Å². The summed E-state index contributed by atoms with van der Waals surface area (Å²) in [5.41, 5.74) is 1.33. The predicted octanol–water partition coefficient (Wildman–Crippen LogP) is 1.23. The van der Waals surface area contributed by atoms with Crippen LogP contribution in [-0.4, -0.2) is 59.2 Å². The number of aliphatic imine (C=N–C) groups is 1. The molecule has 136 valence electrons. The second kappa shape index (κ2) is 11.0. The Morgan fingerprint density at radius 2 is 1.96 bits per heavy atom. The number of ether oxygens (including phenoxy) is 1. The van der Waals surface area contributed by atoms with Crippen LogP contribution in [0, 0.1) is 0 Å². The van der Waals surface area contributed by atoms with Crippen LogP contribution in [0.5, 0.6) is 0 Å². The van der Waals surface area contributed by atoms with E-state index in [1.54, 1.807) is 7.05 Å². The van der Waals surface area contributed by atoms with Crippen LogP contribution in [0.3, 0.4) is 0 Å². The summed E-state index contributed by atoms with van der Waals surface area (Å²) < 4.78 is 27.2. The summed E-state index contributed by atoms with van der Waals surface area (Å²) in [5, 5.41) is 6.50. The maximum atomic E-state index is 11.0. The van der Waals surface area contributed by atoms with Crippen LogP contribution in [0.4, 0.5) is 0 Å². The molecule has 1 aromatic carbocycles. The molecule has 0 amide bonds. The van der Waals surface area contributed by atoms with Crippen LogP contribution in [0.15, 0.2) is 35.3 Å². The second-order valence-electron chi connectivity index (χ2n) is 5.81. The van der Waals surface area contributed by atoms with Crippen LogP contribution in [0.2, 0.25) is 0 Å². The second-order valence-corrected chi connectivity index (χ2v) is 8.07. The van der Waals surface area contributed by atoms with E-state index in [4.69, 9.17) is 4.74 Å². The van der Waals surface area contributed by atoms with Gasteiger partial charge in [-0.1, -0.05) is 30.3 Å². The molecule has 7 heteroatoms. The molecule has 1 unspecified atom stereocenters. The first-order valence-corrected chi connectivity index (χ1v) is 10.2. The lowest BCUT2D eigenvalue weighted by atomic mass is 10.1. The normalized spacial score (nSPS) is 13.5. The predicted molar refractivity (Wildman–Crippen MR) is 99.3 cm³/mol. The zero-order chi connectivity index (χ0) is 17.8. The molecular weight excluding hydrogens is 326 g/mol. The Hall–Kier alpha value is -1.60. The van der Waals surface area contributed by atoms with Gasteiger partial charge in [0, 0.05) is 25.9 Å². The van der Waals surface area contributed by atoms with Crippen molar-refractivity contribution in [2.75, 3.05) is 38.8 Å². The molecular formula is C17H29N3O3S. The smallest absolute Gasteiger partial charge is 0.191 e. The molecule has 0 saturated carbocycles. The van der Waals surface area contributed by atoms with Crippen molar-refractivity contribution < 1.29 is 13.2 Å². The van der Waals surface area contributed by atoms with Crippen molar-refractivity contribution >= 4 is 15.8 Å². The number of sulfone groups is 1. The lowest BCUT2D eigenvalue weighted by Gasteiger charge is -2.18. The largest absolute Gasteiger partial charge is 0.379 e. The monoisotopic (exact) mass is 355 g/mol. The Morgan fingerprint density at radius 3 is 2.58 bits per heavy atom. The molecule has 0 saturated heterocycles. The number of hydrogen-bond donors (Lipinski definition) is 2. The van der Waals surface area contributed by atoms with E-state index >= 15 is 0 Å². The van der Waals surface area contributed by atoms with E-state index in [1.165, 1.54) is 11.8 Å². The average Bonchev–Trinajstić information content (AvgIpc) is 2.55. The molecule has 0 aliphatic heterocycles. The van der Waals surface area contributed by atoms with Crippen LogP contribution < -0.4 is 10.6 Å². The van der Waals surface area contributed by atoms with Gasteiger partial charge in [-0.05, 0) is 25.3 Å². The fourth-order valence-corrected chi connectivity index (χ4v) is 2.50. The van der Waals surface area contributed by atoms with Gasteiger partial charge >= 0.3 is 0 Å². The van der Waals surface area contributed by atoms with Crippen molar-refractivity contribution in [3.05, 3.63) is 35.9 Å². The van der Waals surface area contributed by atoms with E-state index in [2.05, 4.69) is 46.8 Å². The molecule has 1 rings (SSSR count). The highest BCUT2D eigenvalue weighted by atomic mass is 32.2. The van der Waals surface area contributed by atoms with Gasteiger partial charge in [0.1, 0.15) is 9.84 Å². The SMILES string of the molecule is CN=C(NCCOCCS(C)(=O)=O)NC(C)CCc1ccccc1. The Kier molecular flexibility index (Phi) is 9.41. The van der Waals surface area contributed by atoms with Gasteiger partial charge in [0.2, 0.25) is 0 Å². The maximum absolute atomic E-state index is 11.0. The van der Waals surface area contributed by atoms with Crippen LogP contribution >= 0.6 is 0 Å². The van der Waals surface area contributed by atoms with Gasteiger partial charge in [-0.3, -0.25) is 4.99 Å². The standard InChI is InChI=1S/C17H29N3O3S/c1-15(9-10-16-7-5-4-6-8-16)20-17(18-2)19-11-12-23-13-14-24(3,21)22/h4-8,15H,9-14H2,1-3H3,(H2,18,19,20). The Bertz CT molecular complexity index is 588. The molecule has 1 aromatic rings. The van der Waals surface area contributed by atoms with Gasteiger partial charge in [0.25, 0.3) is 0 Å². The molecule has 0 spiro atoms. The highest BCUT2D eigenvalue weighted by Gasteiger charge is 2.06. The quantitative estimate of drug-likeness (QED) is 0.375. The molecule has 0 heterocycles. The van der Waals surface area contributed by atoms with Crippen molar-refractivity contribution in [1.29, 1.82) is 0 Å². The minimum atomic E-state index is -2.96. The zero-order valence-electron chi connectivity index (χ0n) is 14.8.